The van der Waals surface area contributed by atoms with Gasteiger partial charge in [-0.3, -0.25) is 10.1 Å². The lowest BCUT2D eigenvalue weighted by Gasteiger charge is -2.23. The summed E-state index contributed by atoms with van der Waals surface area (Å²) in [5.41, 5.74) is 0.807. The number of nitrogens with one attached hydrogen (secondary N) is 3. The fraction of sp³-hybridized carbons (Fsp3) is 0.273. The number of carbonyl (C=O) groups is 2. The molecule has 2 unspecified atom stereocenters. The first kappa shape index (κ1) is 23.4. The topological polar surface area (TPSA) is 114 Å². The van der Waals surface area contributed by atoms with Gasteiger partial charge in [0.2, 0.25) is 17.8 Å². The number of hydrogen-bond acceptors (Lipinski definition) is 7. The van der Waals surface area contributed by atoms with Crippen LogP contribution in [0, 0.1) is 17.6 Å². The first-order chi connectivity index (χ1) is 16.3. The van der Waals surface area contributed by atoms with Crippen molar-refractivity contribution in [3.63, 3.8) is 0 Å². The average molecular weight is 490 g/mol. The molecular weight excluding hydrogens is 468 g/mol. The molecule has 0 saturated heterocycles. The molecule has 0 aliphatic carbocycles. The Bertz CT molecular complexity index is 1220. The Morgan fingerprint density at radius 1 is 1.06 bits per heavy atom. The molecule has 0 spiro atoms. The van der Waals surface area contributed by atoms with Gasteiger partial charge in [0.25, 0.3) is 0 Å². The molecule has 2 heterocycles. The predicted molar refractivity (Wildman–Crippen MR) is 122 cm³/mol. The lowest BCUT2D eigenvalue weighted by atomic mass is 9.98. The Hall–Kier alpha value is -3.80. The van der Waals surface area contributed by atoms with Crippen LogP contribution in [0.25, 0.3) is 10.6 Å². The van der Waals surface area contributed by atoms with Gasteiger partial charge < -0.3 is 20.1 Å². The minimum Gasteiger partial charge on any atom is -0.454 e. The van der Waals surface area contributed by atoms with Crippen LogP contribution in [0.15, 0.2) is 36.4 Å². The van der Waals surface area contributed by atoms with E-state index in [0.29, 0.717) is 22.9 Å². The monoisotopic (exact) mass is 489 g/mol. The maximum absolute atomic E-state index is 13.4. The molecule has 9 nitrogen and oxygen atoms in total. The van der Waals surface area contributed by atoms with E-state index in [1.807, 2.05) is 13.0 Å². The zero-order valence-electron chi connectivity index (χ0n) is 18.2. The number of benzene rings is 2. The van der Waals surface area contributed by atoms with Crippen LogP contribution in [0.5, 0.6) is 11.5 Å². The number of urea groups is 1. The Labute approximate surface area is 197 Å². The van der Waals surface area contributed by atoms with Crippen LogP contribution >= 0.6 is 11.3 Å². The minimum atomic E-state index is -1.09. The molecule has 2 atom stereocenters. The minimum absolute atomic E-state index is 0.0530. The molecule has 0 bridgehead atoms. The quantitative estimate of drug-likeness (QED) is 0.454. The number of amides is 3. The van der Waals surface area contributed by atoms with Crippen LogP contribution in [0.2, 0.25) is 0 Å². The largest absolute Gasteiger partial charge is 0.454 e. The van der Waals surface area contributed by atoms with Crippen LogP contribution in [-0.4, -0.2) is 35.0 Å². The molecule has 2 aromatic carbocycles. The van der Waals surface area contributed by atoms with E-state index in [2.05, 4.69) is 26.1 Å². The highest BCUT2D eigenvalue weighted by atomic mass is 32.1. The summed E-state index contributed by atoms with van der Waals surface area (Å²) in [6.07, 6.45) is 0.599. The van der Waals surface area contributed by atoms with E-state index >= 15 is 0 Å². The van der Waals surface area contributed by atoms with E-state index in [1.165, 1.54) is 6.07 Å². The van der Waals surface area contributed by atoms with Gasteiger partial charge in [-0.1, -0.05) is 31.6 Å². The van der Waals surface area contributed by atoms with E-state index in [1.54, 1.807) is 19.1 Å². The van der Waals surface area contributed by atoms with Crippen molar-refractivity contribution in [1.82, 2.24) is 15.5 Å². The number of anilines is 2. The van der Waals surface area contributed by atoms with E-state index in [0.717, 1.165) is 29.0 Å². The van der Waals surface area contributed by atoms with Crippen LogP contribution in [0.1, 0.15) is 20.3 Å². The standard InChI is InChI=1S/C22H21F2N5O4S/c1-3-11(2)18(26-21(31)25-13-5-6-14(23)15(24)9-13)19(30)27-22-29-28-20(34-22)12-4-7-16-17(8-12)33-10-32-16/h4-9,11,18H,3,10H2,1-2H3,(H2,25,26,31)(H,27,29,30). The van der Waals surface area contributed by atoms with Crippen molar-refractivity contribution in [2.24, 2.45) is 5.92 Å². The Kier molecular flexibility index (Phi) is 6.87. The predicted octanol–water partition coefficient (Wildman–Crippen LogP) is 4.39. The second kappa shape index (κ2) is 10.00. The molecular formula is C22H21F2N5O4S. The molecule has 3 aromatic rings. The first-order valence-electron chi connectivity index (χ1n) is 10.4. The molecule has 1 aromatic heterocycles. The third kappa shape index (κ3) is 5.22. The summed E-state index contributed by atoms with van der Waals surface area (Å²) >= 11 is 1.16. The molecule has 4 rings (SSSR count). The van der Waals surface area contributed by atoms with Crippen molar-refractivity contribution in [2.75, 3.05) is 17.4 Å². The van der Waals surface area contributed by atoms with Gasteiger partial charge in [0.05, 0.1) is 0 Å². The molecule has 1 aliphatic rings. The summed E-state index contributed by atoms with van der Waals surface area (Å²) in [5.74, 6) is -1.58. The number of rotatable bonds is 7. The van der Waals surface area contributed by atoms with Gasteiger partial charge >= 0.3 is 6.03 Å². The van der Waals surface area contributed by atoms with Crippen molar-refractivity contribution in [3.8, 4) is 22.1 Å². The van der Waals surface area contributed by atoms with Gasteiger partial charge in [0.1, 0.15) is 11.0 Å². The summed E-state index contributed by atoms with van der Waals surface area (Å²) < 4.78 is 37.2. The van der Waals surface area contributed by atoms with Gasteiger partial charge in [0, 0.05) is 17.3 Å². The van der Waals surface area contributed by atoms with Crippen LogP contribution in [0.4, 0.5) is 24.4 Å². The van der Waals surface area contributed by atoms with Crippen LogP contribution in [0.3, 0.4) is 0 Å². The van der Waals surface area contributed by atoms with Crippen molar-refractivity contribution in [2.45, 2.75) is 26.3 Å². The number of nitrogens with zero attached hydrogens (tertiary/aromatic N) is 2. The highest BCUT2D eigenvalue weighted by molar-refractivity contribution is 7.18. The second-order valence-corrected chi connectivity index (χ2v) is 8.54. The second-order valence-electron chi connectivity index (χ2n) is 7.56. The molecule has 178 valence electrons. The smallest absolute Gasteiger partial charge is 0.319 e. The number of fused-ring (bicyclic) bond motifs is 1. The molecule has 0 fully saturated rings. The highest BCUT2D eigenvalue weighted by Gasteiger charge is 2.27. The maximum Gasteiger partial charge on any atom is 0.319 e. The molecule has 1 aliphatic heterocycles. The summed E-state index contributed by atoms with van der Waals surface area (Å²) in [6, 6.07) is 6.69. The molecule has 3 N–H and O–H groups in total. The zero-order chi connectivity index (χ0) is 24.2. The van der Waals surface area contributed by atoms with E-state index in [4.69, 9.17) is 9.47 Å². The van der Waals surface area contributed by atoms with Crippen LogP contribution in [-0.2, 0) is 4.79 Å². The number of carbonyl (C=O) groups excluding carboxylic acids is 2. The van der Waals surface area contributed by atoms with Gasteiger partial charge in [0.15, 0.2) is 23.1 Å². The van der Waals surface area contributed by atoms with Crippen molar-refractivity contribution < 1.29 is 27.8 Å². The van der Waals surface area contributed by atoms with Crippen molar-refractivity contribution in [1.29, 1.82) is 0 Å². The number of aromatic nitrogens is 2. The van der Waals surface area contributed by atoms with Gasteiger partial charge in [-0.25, -0.2) is 13.6 Å². The molecule has 12 heteroatoms. The van der Waals surface area contributed by atoms with E-state index in [9.17, 15) is 18.4 Å². The summed E-state index contributed by atoms with van der Waals surface area (Å²) in [5, 5.41) is 16.6. The Morgan fingerprint density at radius 2 is 1.85 bits per heavy atom. The fourth-order valence-electron chi connectivity index (χ4n) is 3.19. The highest BCUT2D eigenvalue weighted by Crippen LogP contribution is 2.37. The fourth-order valence-corrected chi connectivity index (χ4v) is 3.93. The van der Waals surface area contributed by atoms with Gasteiger partial charge in [-0.2, -0.15) is 0 Å². The normalized spacial score (nSPS) is 13.8. The Balaban J connectivity index is 1.42. The van der Waals surface area contributed by atoms with Gasteiger partial charge in [-0.15, -0.1) is 10.2 Å². The Morgan fingerprint density at radius 3 is 2.62 bits per heavy atom. The van der Waals surface area contributed by atoms with E-state index in [-0.39, 0.29) is 23.5 Å². The first-order valence-corrected chi connectivity index (χ1v) is 11.2. The summed E-state index contributed by atoms with van der Waals surface area (Å²) in [7, 11) is 0. The third-order valence-corrected chi connectivity index (χ3v) is 6.12. The summed E-state index contributed by atoms with van der Waals surface area (Å²) in [4.78, 5) is 25.4. The van der Waals surface area contributed by atoms with Crippen molar-refractivity contribution in [3.05, 3.63) is 48.0 Å². The summed E-state index contributed by atoms with van der Waals surface area (Å²) in [6.45, 7) is 3.84. The number of halogens is 2. The molecule has 3 amide bonds. The SMILES string of the molecule is CCC(C)C(NC(=O)Nc1ccc(F)c(F)c1)C(=O)Nc1nnc(-c2ccc3c(c2)OCO3)s1. The molecule has 34 heavy (non-hydrogen) atoms. The number of hydrogen-bond donors (Lipinski definition) is 3. The lowest BCUT2D eigenvalue weighted by molar-refractivity contribution is -0.119. The third-order valence-electron chi connectivity index (χ3n) is 5.23. The van der Waals surface area contributed by atoms with E-state index < -0.39 is 29.6 Å². The average Bonchev–Trinajstić information content (AvgIpc) is 3.48. The zero-order valence-corrected chi connectivity index (χ0v) is 19.0. The van der Waals surface area contributed by atoms with Crippen LogP contribution < -0.4 is 25.4 Å². The molecule has 0 saturated carbocycles. The number of ether oxygens (including phenoxy) is 2. The maximum atomic E-state index is 13.4. The lowest BCUT2D eigenvalue weighted by Crippen LogP contribution is -2.49. The van der Waals surface area contributed by atoms with Gasteiger partial charge in [-0.05, 0) is 36.2 Å². The van der Waals surface area contributed by atoms with Crippen molar-refractivity contribution >= 4 is 34.1 Å². The molecule has 0 radical (unpaired) electrons.